The van der Waals surface area contributed by atoms with Crippen molar-refractivity contribution < 1.29 is 13.9 Å². The second kappa shape index (κ2) is 4.96. The van der Waals surface area contributed by atoms with Crippen molar-refractivity contribution in [1.29, 1.82) is 0 Å². The minimum absolute atomic E-state index is 0.160. The Labute approximate surface area is 93.8 Å². The summed E-state index contributed by atoms with van der Waals surface area (Å²) in [4.78, 5) is 12.9. The third kappa shape index (κ3) is 2.72. The number of ether oxygens (including phenoxy) is 1. The van der Waals surface area contributed by atoms with Gasteiger partial charge in [-0.2, -0.15) is 0 Å². The Balaban J connectivity index is 1.80. The first-order chi connectivity index (χ1) is 7.75. The van der Waals surface area contributed by atoms with Crippen LogP contribution in [-0.2, 0) is 11.3 Å². The van der Waals surface area contributed by atoms with Crippen LogP contribution in [0.4, 0.5) is 9.18 Å². The molecule has 1 heterocycles. The number of alkyl halides is 1. The molecule has 0 aliphatic carbocycles. The smallest absolute Gasteiger partial charge is 0.410 e. The molecule has 0 saturated carbocycles. The number of carbonyl (C=O) groups excluding carboxylic acids is 1. The number of benzene rings is 1. The van der Waals surface area contributed by atoms with E-state index >= 15 is 0 Å². The molecule has 1 aliphatic heterocycles. The van der Waals surface area contributed by atoms with Crippen LogP contribution in [0.5, 0.6) is 0 Å². The van der Waals surface area contributed by atoms with Gasteiger partial charge in [0.15, 0.2) is 0 Å². The van der Waals surface area contributed by atoms with Gasteiger partial charge in [-0.05, 0) is 12.0 Å². The lowest BCUT2D eigenvalue weighted by atomic mass is 10.2. The van der Waals surface area contributed by atoms with E-state index in [1.165, 1.54) is 4.90 Å². The molecule has 3 nitrogen and oxygen atoms in total. The number of rotatable bonds is 2. The Hall–Kier alpha value is -1.58. The highest BCUT2D eigenvalue weighted by atomic mass is 19.1. The van der Waals surface area contributed by atoms with Crippen LogP contribution >= 0.6 is 0 Å². The summed E-state index contributed by atoms with van der Waals surface area (Å²) < 4.78 is 17.9. The van der Waals surface area contributed by atoms with Crippen molar-refractivity contribution >= 4 is 6.09 Å². The van der Waals surface area contributed by atoms with E-state index in [1.807, 2.05) is 30.3 Å². The lowest BCUT2D eigenvalue weighted by Crippen LogP contribution is -2.29. The normalized spacial score (nSPS) is 19.8. The Morgan fingerprint density at radius 1 is 1.44 bits per heavy atom. The van der Waals surface area contributed by atoms with Crippen molar-refractivity contribution in [2.75, 3.05) is 13.1 Å². The second-order valence-electron chi connectivity index (χ2n) is 3.87. The number of hydrogen-bond donors (Lipinski definition) is 0. The molecule has 1 aliphatic rings. The maximum Gasteiger partial charge on any atom is 0.410 e. The molecule has 4 heteroatoms. The van der Waals surface area contributed by atoms with Gasteiger partial charge < -0.3 is 9.64 Å². The molecule has 0 aromatic heterocycles. The Morgan fingerprint density at radius 3 is 2.81 bits per heavy atom. The molecule has 0 bridgehead atoms. The molecular formula is C12H14FNO2. The van der Waals surface area contributed by atoms with Crippen molar-refractivity contribution in [3.05, 3.63) is 35.9 Å². The molecule has 0 radical (unpaired) electrons. The molecule has 1 saturated heterocycles. The molecule has 1 amide bonds. The predicted octanol–water partition coefficient (Wildman–Crippen LogP) is 2.37. The SMILES string of the molecule is O=C(OCc1ccccc1)N1CCC(F)C1. The summed E-state index contributed by atoms with van der Waals surface area (Å²) in [5, 5.41) is 0. The van der Waals surface area contributed by atoms with Gasteiger partial charge in [0.1, 0.15) is 12.8 Å². The molecule has 2 rings (SSSR count). The maximum atomic E-state index is 12.8. The van der Waals surface area contributed by atoms with E-state index in [0.29, 0.717) is 13.0 Å². The van der Waals surface area contributed by atoms with E-state index in [0.717, 1.165) is 5.56 Å². The van der Waals surface area contributed by atoms with Gasteiger partial charge >= 0.3 is 6.09 Å². The third-order valence-corrected chi connectivity index (χ3v) is 2.59. The Bertz CT molecular complexity index is 355. The molecule has 16 heavy (non-hydrogen) atoms. The van der Waals surface area contributed by atoms with E-state index < -0.39 is 12.3 Å². The largest absolute Gasteiger partial charge is 0.445 e. The van der Waals surface area contributed by atoms with Crippen LogP contribution in [0.15, 0.2) is 30.3 Å². The summed E-state index contributed by atoms with van der Waals surface area (Å²) in [5.41, 5.74) is 0.937. The summed E-state index contributed by atoms with van der Waals surface area (Å²) >= 11 is 0. The van der Waals surface area contributed by atoms with Gasteiger partial charge in [0.05, 0.1) is 6.54 Å². The number of hydrogen-bond acceptors (Lipinski definition) is 2. The number of carbonyl (C=O) groups is 1. The summed E-state index contributed by atoms with van der Waals surface area (Å²) in [5.74, 6) is 0. The quantitative estimate of drug-likeness (QED) is 0.770. The number of likely N-dealkylation sites (tertiary alicyclic amines) is 1. The van der Waals surface area contributed by atoms with Crippen molar-refractivity contribution in [2.45, 2.75) is 19.2 Å². The fraction of sp³-hybridized carbons (Fsp3) is 0.417. The van der Waals surface area contributed by atoms with Crippen molar-refractivity contribution in [3.63, 3.8) is 0 Å². The van der Waals surface area contributed by atoms with Crippen LogP contribution in [0.3, 0.4) is 0 Å². The van der Waals surface area contributed by atoms with Gasteiger partial charge in [0.2, 0.25) is 0 Å². The summed E-state index contributed by atoms with van der Waals surface area (Å²) in [6.45, 7) is 0.857. The highest BCUT2D eigenvalue weighted by Gasteiger charge is 2.26. The van der Waals surface area contributed by atoms with Crippen LogP contribution < -0.4 is 0 Å². The van der Waals surface area contributed by atoms with Crippen LogP contribution in [-0.4, -0.2) is 30.3 Å². The molecule has 1 atom stereocenters. The monoisotopic (exact) mass is 223 g/mol. The van der Waals surface area contributed by atoms with Crippen molar-refractivity contribution in [3.8, 4) is 0 Å². The average Bonchev–Trinajstić information content (AvgIpc) is 2.74. The predicted molar refractivity (Wildman–Crippen MR) is 57.7 cm³/mol. The van der Waals surface area contributed by atoms with Crippen LogP contribution in [0.2, 0.25) is 0 Å². The molecule has 1 unspecified atom stereocenters. The summed E-state index contributed by atoms with van der Waals surface area (Å²) in [7, 11) is 0. The first-order valence-electron chi connectivity index (χ1n) is 5.35. The van der Waals surface area contributed by atoms with Crippen molar-refractivity contribution in [2.24, 2.45) is 0 Å². The Morgan fingerprint density at radius 2 is 2.19 bits per heavy atom. The fourth-order valence-corrected chi connectivity index (χ4v) is 1.69. The highest BCUT2D eigenvalue weighted by molar-refractivity contribution is 5.68. The average molecular weight is 223 g/mol. The molecule has 1 aromatic rings. The first kappa shape index (κ1) is 10.9. The molecule has 0 spiro atoms. The van der Waals surface area contributed by atoms with Gasteiger partial charge in [-0.25, -0.2) is 9.18 Å². The van der Waals surface area contributed by atoms with E-state index in [9.17, 15) is 9.18 Å². The summed E-state index contributed by atoms with van der Waals surface area (Å²) in [6.07, 6.45) is -0.909. The standard InChI is InChI=1S/C12H14FNO2/c13-11-6-7-14(8-11)12(15)16-9-10-4-2-1-3-5-10/h1-5,11H,6-9H2. The lowest BCUT2D eigenvalue weighted by molar-refractivity contribution is 0.102. The maximum absolute atomic E-state index is 12.8. The van der Waals surface area contributed by atoms with Crippen LogP contribution in [0.25, 0.3) is 0 Å². The lowest BCUT2D eigenvalue weighted by Gasteiger charge is -2.14. The van der Waals surface area contributed by atoms with E-state index in [-0.39, 0.29) is 13.2 Å². The fourth-order valence-electron chi connectivity index (χ4n) is 1.69. The third-order valence-electron chi connectivity index (χ3n) is 2.59. The topological polar surface area (TPSA) is 29.5 Å². The van der Waals surface area contributed by atoms with Gasteiger partial charge in [-0.3, -0.25) is 0 Å². The zero-order chi connectivity index (χ0) is 11.4. The van der Waals surface area contributed by atoms with Gasteiger partial charge in [0.25, 0.3) is 0 Å². The number of halogens is 1. The number of amides is 1. The zero-order valence-corrected chi connectivity index (χ0v) is 8.93. The molecule has 1 aromatic carbocycles. The molecule has 1 fully saturated rings. The zero-order valence-electron chi connectivity index (χ0n) is 8.93. The van der Waals surface area contributed by atoms with Crippen LogP contribution in [0.1, 0.15) is 12.0 Å². The number of nitrogens with zero attached hydrogens (tertiary/aromatic N) is 1. The van der Waals surface area contributed by atoms with E-state index in [2.05, 4.69) is 0 Å². The van der Waals surface area contributed by atoms with E-state index in [4.69, 9.17) is 4.74 Å². The van der Waals surface area contributed by atoms with Gasteiger partial charge in [0, 0.05) is 6.54 Å². The Kier molecular flexibility index (Phi) is 3.39. The second-order valence-corrected chi connectivity index (χ2v) is 3.87. The van der Waals surface area contributed by atoms with Gasteiger partial charge in [-0.15, -0.1) is 0 Å². The molecular weight excluding hydrogens is 209 g/mol. The highest BCUT2D eigenvalue weighted by Crippen LogP contribution is 2.13. The van der Waals surface area contributed by atoms with E-state index in [1.54, 1.807) is 0 Å². The van der Waals surface area contributed by atoms with Crippen molar-refractivity contribution in [1.82, 2.24) is 4.90 Å². The van der Waals surface area contributed by atoms with Gasteiger partial charge in [-0.1, -0.05) is 30.3 Å². The minimum Gasteiger partial charge on any atom is -0.445 e. The van der Waals surface area contributed by atoms with Crippen LogP contribution in [0, 0.1) is 0 Å². The minimum atomic E-state index is -0.899. The first-order valence-corrected chi connectivity index (χ1v) is 5.35. The molecule has 0 N–H and O–H groups in total. The summed E-state index contributed by atoms with van der Waals surface area (Å²) in [6, 6.07) is 9.44. The molecule has 86 valence electrons.